The van der Waals surface area contributed by atoms with Gasteiger partial charge >= 0.3 is 0 Å². The van der Waals surface area contributed by atoms with E-state index < -0.39 is 0 Å². The third kappa shape index (κ3) is 3.61. The molecule has 0 aromatic carbocycles. The molecule has 0 radical (unpaired) electrons. The van der Waals surface area contributed by atoms with Gasteiger partial charge in [0.25, 0.3) is 0 Å². The van der Waals surface area contributed by atoms with Crippen LogP contribution in [0.1, 0.15) is 20.3 Å². The van der Waals surface area contributed by atoms with E-state index in [0.717, 1.165) is 6.42 Å². The van der Waals surface area contributed by atoms with Crippen LogP contribution in [0.5, 0.6) is 0 Å². The van der Waals surface area contributed by atoms with E-state index in [4.69, 9.17) is 5.73 Å². The number of rotatable bonds is 5. The molecular weight excluding hydrogens is 192 g/mol. The first-order valence-electron chi connectivity index (χ1n) is 5.19. The van der Waals surface area contributed by atoms with Crippen molar-refractivity contribution in [3.63, 3.8) is 0 Å². The zero-order chi connectivity index (χ0) is 11.3. The third-order valence-electron chi connectivity index (χ3n) is 2.35. The van der Waals surface area contributed by atoms with Crippen molar-refractivity contribution < 1.29 is 4.79 Å². The average molecular weight is 210 g/mol. The summed E-state index contributed by atoms with van der Waals surface area (Å²) < 4.78 is 1.71. The van der Waals surface area contributed by atoms with Gasteiger partial charge < -0.3 is 11.1 Å². The van der Waals surface area contributed by atoms with Crippen LogP contribution in [-0.2, 0) is 11.3 Å². The van der Waals surface area contributed by atoms with Crippen molar-refractivity contribution in [1.29, 1.82) is 0 Å². The Hall–Kier alpha value is -1.52. The van der Waals surface area contributed by atoms with E-state index >= 15 is 0 Å². The van der Waals surface area contributed by atoms with E-state index in [1.54, 1.807) is 17.1 Å². The minimum Gasteiger partial charge on any atom is -0.396 e. The molecule has 0 saturated carbocycles. The van der Waals surface area contributed by atoms with Crippen LogP contribution in [-0.4, -0.2) is 22.2 Å². The minimum absolute atomic E-state index is 0.0766. The predicted molar refractivity (Wildman–Crippen MR) is 59.1 cm³/mol. The van der Waals surface area contributed by atoms with E-state index in [2.05, 4.69) is 10.4 Å². The van der Waals surface area contributed by atoms with Crippen molar-refractivity contribution in [1.82, 2.24) is 15.1 Å². The molecule has 1 amide bonds. The summed E-state index contributed by atoms with van der Waals surface area (Å²) in [5.74, 6) is 0.172. The fourth-order valence-electron chi connectivity index (χ4n) is 1.16. The molecule has 1 unspecified atom stereocenters. The molecule has 3 N–H and O–H groups in total. The number of nitrogens with one attached hydrogen (secondary N) is 1. The summed E-state index contributed by atoms with van der Waals surface area (Å²) in [5.41, 5.74) is 6.15. The Morgan fingerprint density at radius 1 is 1.73 bits per heavy atom. The Balaban J connectivity index is 2.24. The lowest BCUT2D eigenvalue weighted by Crippen LogP contribution is -2.31. The maximum absolute atomic E-state index is 11.4. The summed E-state index contributed by atoms with van der Waals surface area (Å²) in [6, 6.07) is 0. The fraction of sp³-hybridized carbons (Fsp3) is 0.600. The normalized spacial score (nSPS) is 12.4. The Morgan fingerprint density at radius 3 is 3.00 bits per heavy atom. The lowest BCUT2D eigenvalue weighted by molar-refractivity contribution is -0.124. The van der Waals surface area contributed by atoms with Crippen molar-refractivity contribution in [2.45, 2.75) is 26.8 Å². The Bertz CT molecular complexity index is 321. The summed E-state index contributed by atoms with van der Waals surface area (Å²) in [7, 11) is 0. The Kier molecular flexibility index (Phi) is 4.15. The summed E-state index contributed by atoms with van der Waals surface area (Å²) in [6.07, 6.45) is 4.20. The SMILES string of the molecule is CCC(C)C(=O)NCCn1cc(N)cn1. The first-order chi connectivity index (χ1) is 7.13. The van der Waals surface area contributed by atoms with Crippen LogP contribution in [0.4, 0.5) is 5.69 Å². The van der Waals surface area contributed by atoms with E-state index in [-0.39, 0.29) is 11.8 Å². The van der Waals surface area contributed by atoms with Crippen LogP contribution in [0.25, 0.3) is 0 Å². The Morgan fingerprint density at radius 2 is 2.47 bits per heavy atom. The number of carbonyl (C=O) groups excluding carboxylic acids is 1. The molecule has 5 nitrogen and oxygen atoms in total. The van der Waals surface area contributed by atoms with Crippen molar-refractivity contribution in [2.75, 3.05) is 12.3 Å². The molecule has 0 bridgehead atoms. The molecule has 1 aromatic heterocycles. The standard InChI is InChI=1S/C10H18N4O/c1-3-8(2)10(15)12-4-5-14-7-9(11)6-13-14/h6-8H,3-5,11H2,1-2H3,(H,12,15). The highest BCUT2D eigenvalue weighted by Gasteiger charge is 2.08. The molecule has 0 aliphatic heterocycles. The van der Waals surface area contributed by atoms with Crippen molar-refractivity contribution in [2.24, 2.45) is 5.92 Å². The fourth-order valence-corrected chi connectivity index (χ4v) is 1.16. The van der Waals surface area contributed by atoms with Gasteiger partial charge in [-0.25, -0.2) is 0 Å². The van der Waals surface area contributed by atoms with Crippen molar-refractivity contribution in [3.8, 4) is 0 Å². The molecule has 0 fully saturated rings. The van der Waals surface area contributed by atoms with E-state index in [0.29, 0.717) is 18.8 Å². The van der Waals surface area contributed by atoms with Crippen LogP contribution < -0.4 is 11.1 Å². The van der Waals surface area contributed by atoms with Gasteiger partial charge in [-0.2, -0.15) is 5.10 Å². The molecule has 5 heteroatoms. The van der Waals surface area contributed by atoms with Gasteiger partial charge in [0.15, 0.2) is 0 Å². The van der Waals surface area contributed by atoms with Crippen LogP contribution in [0.3, 0.4) is 0 Å². The highest BCUT2D eigenvalue weighted by Crippen LogP contribution is 2.00. The number of hydrogen-bond acceptors (Lipinski definition) is 3. The number of nitrogen functional groups attached to an aromatic ring is 1. The highest BCUT2D eigenvalue weighted by molar-refractivity contribution is 5.78. The molecule has 1 atom stereocenters. The topological polar surface area (TPSA) is 72.9 Å². The largest absolute Gasteiger partial charge is 0.396 e. The van der Waals surface area contributed by atoms with Gasteiger partial charge in [0.05, 0.1) is 18.4 Å². The number of hydrogen-bond donors (Lipinski definition) is 2. The number of carbonyl (C=O) groups is 1. The monoisotopic (exact) mass is 210 g/mol. The van der Waals surface area contributed by atoms with Gasteiger partial charge in [0, 0.05) is 18.7 Å². The molecule has 0 aliphatic rings. The van der Waals surface area contributed by atoms with E-state index in [1.165, 1.54) is 0 Å². The second-order valence-electron chi connectivity index (χ2n) is 3.64. The zero-order valence-corrected chi connectivity index (χ0v) is 9.23. The lowest BCUT2D eigenvalue weighted by Gasteiger charge is -2.09. The molecule has 15 heavy (non-hydrogen) atoms. The number of aromatic nitrogens is 2. The second kappa shape index (κ2) is 5.38. The first-order valence-corrected chi connectivity index (χ1v) is 5.19. The van der Waals surface area contributed by atoms with Gasteiger partial charge in [0.1, 0.15) is 0 Å². The van der Waals surface area contributed by atoms with Crippen LogP contribution >= 0.6 is 0 Å². The number of nitrogens with zero attached hydrogens (tertiary/aromatic N) is 2. The van der Waals surface area contributed by atoms with E-state index in [9.17, 15) is 4.79 Å². The average Bonchev–Trinajstić information content (AvgIpc) is 2.63. The Labute approximate surface area is 89.6 Å². The molecule has 1 rings (SSSR count). The first kappa shape index (κ1) is 11.6. The maximum Gasteiger partial charge on any atom is 0.222 e. The van der Waals surface area contributed by atoms with Crippen LogP contribution in [0.15, 0.2) is 12.4 Å². The quantitative estimate of drug-likeness (QED) is 0.748. The smallest absolute Gasteiger partial charge is 0.222 e. The highest BCUT2D eigenvalue weighted by atomic mass is 16.1. The molecule has 0 spiro atoms. The molecule has 0 aliphatic carbocycles. The third-order valence-corrected chi connectivity index (χ3v) is 2.35. The van der Waals surface area contributed by atoms with Gasteiger partial charge in [-0.3, -0.25) is 9.48 Å². The minimum atomic E-state index is 0.0766. The van der Waals surface area contributed by atoms with Gasteiger partial charge in [0.2, 0.25) is 5.91 Å². The summed E-state index contributed by atoms with van der Waals surface area (Å²) >= 11 is 0. The van der Waals surface area contributed by atoms with Crippen LogP contribution in [0, 0.1) is 5.92 Å². The second-order valence-corrected chi connectivity index (χ2v) is 3.64. The van der Waals surface area contributed by atoms with Crippen molar-refractivity contribution in [3.05, 3.63) is 12.4 Å². The maximum atomic E-state index is 11.4. The lowest BCUT2D eigenvalue weighted by atomic mass is 10.1. The number of nitrogens with two attached hydrogens (primary N) is 1. The predicted octanol–water partition coefficient (Wildman–Crippen LogP) is 0.628. The molecule has 0 saturated heterocycles. The zero-order valence-electron chi connectivity index (χ0n) is 9.23. The van der Waals surface area contributed by atoms with Crippen molar-refractivity contribution >= 4 is 11.6 Å². The summed E-state index contributed by atoms with van der Waals surface area (Å²) in [5, 5.41) is 6.87. The molecule has 1 aromatic rings. The molecule has 84 valence electrons. The summed E-state index contributed by atoms with van der Waals surface area (Å²) in [4.78, 5) is 11.4. The van der Waals surface area contributed by atoms with Gasteiger partial charge in [-0.05, 0) is 6.42 Å². The van der Waals surface area contributed by atoms with Gasteiger partial charge in [-0.1, -0.05) is 13.8 Å². The summed E-state index contributed by atoms with van der Waals surface area (Å²) in [6.45, 7) is 5.16. The molecule has 1 heterocycles. The van der Waals surface area contributed by atoms with E-state index in [1.807, 2.05) is 13.8 Å². The molecular formula is C10H18N4O. The van der Waals surface area contributed by atoms with Gasteiger partial charge in [-0.15, -0.1) is 0 Å². The number of amides is 1. The number of anilines is 1. The van der Waals surface area contributed by atoms with Crippen LogP contribution in [0.2, 0.25) is 0 Å².